The second-order valence-corrected chi connectivity index (χ2v) is 17.6. The first-order valence-electron chi connectivity index (χ1n) is 21.1. The van der Waals surface area contributed by atoms with E-state index in [-0.39, 0.29) is 13.0 Å². The van der Waals surface area contributed by atoms with Crippen molar-refractivity contribution in [3.63, 3.8) is 0 Å². The van der Waals surface area contributed by atoms with E-state index >= 15 is 0 Å². The van der Waals surface area contributed by atoms with Gasteiger partial charge in [-0.15, -0.1) is 0 Å². The summed E-state index contributed by atoms with van der Waals surface area (Å²) in [5.41, 5.74) is -0.603. The molecule has 2 fully saturated rings. The van der Waals surface area contributed by atoms with E-state index in [4.69, 9.17) is 9.47 Å². The van der Waals surface area contributed by atoms with Gasteiger partial charge in [-0.25, -0.2) is 9.59 Å². The van der Waals surface area contributed by atoms with Gasteiger partial charge in [0.15, 0.2) is 6.10 Å². The predicted octanol–water partition coefficient (Wildman–Crippen LogP) is 4.28. The third-order valence-electron chi connectivity index (χ3n) is 11.7. The molecule has 14 nitrogen and oxygen atoms in total. The number of cyclic esters (lactones) is 2. The van der Waals surface area contributed by atoms with Crippen molar-refractivity contribution in [1.82, 2.24) is 25.3 Å². The summed E-state index contributed by atoms with van der Waals surface area (Å²) in [5, 5.41) is 5.71. The van der Waals surface area contributed by atoms with Crippen LogP contribution in [0.15, 0.2) is 30.3 Å². The molecule has 1 aromatic carbocycles. The summed E-state index contributed by atoms with van der Waals surface area (Å²) in [5.74, 6) is -5.51. The molecule has 0 spiro atoms. The maximum Gasteiger partial charge on any atom is 0.329 e. The van der Waals surface area contributed by atoms with Crippen molar-refractivity contribution in [1.29, 1.82) is 0 Å². The second-order valence-electron chi connectivity index (χ2n) is 17.6. The van der Waals surface area contributed by atoms with Crippen LogP contribution in [-0.2, 0) is 49.5 Å². The molecule has 2 aliphatic rings. The Hall–Kier alpha value is -4.49. The summed E-state index contributed by atoms with van der Waals surface area (Å²) in [6.45, 7) is 17.8. The maximum absolute atomic E-state index is 14.5. The van der Waals surface area contributed by atoms with Gasteiger partial charge in [0.25, 0.3) is 5.91 Å². The lowest BCUT2D eigenvalue weighted by Gasteiger charge is -2.38. The number of nitrogens with one attached hydrogen (secondary N) is 2. The largest absolute Gasteiger partial charge is 0.460 e. The van der Waals surface area contributed by atoms with Gasteiger partial charge in [0, 0.05) is 27.1 Å². The van der Waals surface area contributed by atoms with Crippen LogP contribution in [0.2, 0.25) is 0 Å². The summed E-state index contributed by atoms with van der Waals surface area (Å²) in [6.07, 6.45) is 1.34. The van der Waals surface area contributed by atoms with Crippen molar-refractivity contribution in [3.8, 4) is 0 Å². The van der Waals surface area contributed by atoms with Crippen LogP contribution in [0.25, 0.3) is 0 Å². The lowest BCUT2D eigenvalue weighted by Crippen LogP contribution is -2.60. The van der Waals surface area contributed by atoms with Crippen LogP contribution in [-0.4, -0.2) is 119 Å². The molecule has 1 aromatic rings. The van der Waals surface area contributed by atoms with Crippen LogP contribution >= 0.6 is 0 Å². The minimum Gasteiger partial charge on any atom is -0.460 e. The molecule has 0 aliphatic carbocycles. The Morgan fingerprint density at radius 3 is 1.95 bits per heavy atom. The molecule has 0 unspecified atom stereocenters. The predicted molar refractivity (Wildman–Crippen MR) is 220 cm³/mol. The molecule has 0 saturated carbocycles. The Labute approximate surface area is 345 Å². The highest BCUT2D eigenvalue weighted by atomic mass is 16.6. The Balaban J connectivity index is 2.17. The van der Waals surface area contributed by atoms with Gasteiger partial charge in [0.1, 0.15) is 36.3 Å². The molecular weight excluding hydrogens is 743 g/mol. The first-order chi connectivity index (χ1) is 27.1. The van der Waals surface area contributed by atoms with Crippen LogP contribution in [0.3, 0.4) is 0 Å². The summed E-state index contributed by atoms with van der Waals surface area (Å²) in [6, 6.07) is 3.79. The van der Waals surface area contributed by atoms with Gasteiger partial charge in [-0.2, -0.15) is 0 Å². The van der Waals surface area contributed by atoms with E-state index in [0.717, 1.165) is 18.4 Å². The number of ether oxygens (including phenoxy) is 2. The normalized spacial score (nSPS) is 27.5. The van der Waals surface area contributed by atoms with Crippen molar-refractivity contribution in [2.24, 2.45) is 23.2 Å². The van der Waals surface area contributed by atoms with Gasteiger partial charge in [0.2, 0.25) is 23.6 Å². The number of unbranched alkanes of at least 4 members (excludes halogenated alkanes) is 2. The molecule has 324 valence electrons. The molecule has 3 rings (SSSR count). The average Bonchev–Trinajstić information content (AvgIpc) is 3.66. The van der Waals surface area contributed by atoms with Gasteiger partial charge in [0.05, 0.1) is 5.41 Å². The zero-order valence-electron chi connectivity index (χ0n) is 36.8. The van der Waals surface area contributed by atoms with Crippen LogP contribution in [0.4, 0.5) is 0 Å². The van der Waals surface area contributed by atoms with Crippen molar-refractivity contribution in [2.45, 2.75) is 157 Å². The van der Waals surface area contributed by atoms with Crippen molar-refractivity contribution >= 4 is 41.5 Å². The van der Waals surface area contributed by atoms with Gasteiger partial charge >= 0.3 is 11.9 Å². The van der Waals surface area contributed by atoms with E-state index in [1.54, 1.807) is 62.3 Å². The molecule has 7 atom stereocenters. The number of fused-ring (bicyclic) bond motifs is 1. The quantitative estimate of drug-likeness (QED) is 0.273. The molecule has 2 N–H and O–H groups in total. The topological polar surface area (TPSA) is 172 Å². The number of esters is 2. The molecule has 2 heterocycles. The van der Waals surface area contributed by atoms with Gasteiger partial charge < -0.3 is 34.8 Å². The molecule has 2 aliphatic heterocycles. The van der Waals surface area contributed by atoms with E-state index in [1.807, 2.05) is 37.3 Å². The Kier molecular flexibility index (Phi) is 17.3. The summed E-state index contributed by atoms with van der Waals surface area (Å²) in [7, 11) is 2.96. The Morgan fingerprint density at radius 2 is 1.38 bits per heavy atom. The number of rotatable bonds is 9. The average molecular weight is 812 g/mol. The zero-order valence-corrected chi connectivity index (χ0v) is 36.8. The number of carbonyl (C=O) groups excluding carboxylic acids is 7. The monoisotopic (exact) mass is 812 g/mol. The molecule has 58 heavy (non-hydrogen) atoms. The fraction of sp³-hybridized carbons (Fsp3) is 0.705. The highest BCUT2D eigenvalue weighted by Crippen LogP contribution is 2.31. The van der Waals surface area contributed by atoms with E-state index in [0.29, 0.717) is 25.7 Å². The van der Waals surface area contributed by atoms with E-state index < -0.39 is 107 Å². The lowest BCUT2D eigenvalue weighted by atomic mass is 9.81. The lowest BCUT2D eigenvalue weighted by molar-refractivity contribution is -0.169. The molecule has 0 radical (unpaired) electrons. The molecule has 2 saturated heterocycles. The van der Waals surface area contributed by atoms with Crippen molar-refractivity contribution < 1.29 is 43.0 Å². The number of hydrogen-bond donors (Lipinski definition) is 2. The first kappa shape index (κ1) is 47.9. The van der Waals surface area contributed by atoms with Crippen molar-refractivity contribution in [2.75, 3.05) is 20.6 Å². The van der Waals surface area contributed by atoms with Gasteiger partial charge in [-0.05, 0) is 69.8 Å². The first-order valence-corrected chi connectivity index (χ1v) is 21.1. The fourth-order valence-corrected chi connectivity index (χ4v) is 7.64. The Bertz CT molecular complexity index is 1610. The smallest absolute Gasteiger partial charge is 0.329 e. The third kappa shape index (κ3) is 11.6. The number of amides is 5. The number of benzene rings is 1. The van der Waals surface area contributed by atoms with Crippen LogP contribution in [0.1, 0.15) is 113 Å². The minimum atomic E-state index is -1.33. The van der Waals surface area contributed by atoms with E-state index in [2.05, 4.69) is 10.6 Å². The van der Waals surface area contributed by atoms with Crippen LogP contribution in [0, 0.1) is 23.2 Å². The maximum atomic E-state index is 14.5. The molecule has 14 heteroatoms. The molecule has 0 bridgehead atoms. The van der Waals surface area contributed by atoms with Crippen LogP contribution < -0.4 is 10.6 Å². The van der Waals surface area contributed by atoms with Crippen LogP contribution in [0.5, 0.6) is 0 Å². The number of carbonyl (C=O) groups is 7. The molecule has 5 amide bonds. The zero-order chi connectivity index (χ0) is 43.6. The highest BCUT2D eigenvalue weighted by molar-refractivity contribution is 5.96. The Morgan fingerprint density at radius 1 is 0.759 bits per heavy atom. The molecular formula is C44H69N5O9. The summed E-state index contributed by atoms with van der Waals surface area (Å²) < 4.78 is 12.2. The van der Waals surface area contributed by atoms with E-state index in [1.165, 1.54) is 28.8 Å². The highest BCUT2D eigenvalue weighted by Gasteiger charge is 2.46. The number of hydrogen-bond acceptors (Lipinski definition) is 9. The molecule has 0 aromatic heterocycles. The number of likely N-dealkylation sites (N-methyl/N-ethyl adjacent to an activating group) is 2. The van der Waals surface area contributed by atoms with Crippen molar-refractivity contribution in [3.05, 3.63) is 35.9 Å². The minimum absolute atomic E-state index is 0.0197. The second kappa shape index (κ2) is 21.0. The van der Waals surface area contributed by atoms with E-state index in [9.17, 15) is 33.6 Å². The standard InChI is InChI=1S/C44H69N5O9/c1-13-14-16-23-33-44(9,10)43(56)46-34(26(2)3)40(53)48(12)36(28(6)7)42(55)57-32(25-30-20-17-15-18-21-30)39(52)49-24-19-22-31(49)38(51)47(11)29(8)37(50)45-35(27(4)5)41(54)58-33/h15,17-18,20-21,26-29,31-36H,13-14,16,19,22-25H2,1-12H3,(H,45,50)(H,46,56)/t29-,31-,32-,33-,34-,35-,36-/m0/s1. The summed E-state index contributed by atoms with van der Waals surface area (Å²) in [4.78, 5) is 103. The van der Waals surface area contributed by atoms with Gasteiger partial charge in [-0.3, -0.25) is 24.0 Å². The summed E-state index contributed by atoms with van der Waals surface area (Å²) >= 11 is 0. The number of nitrogens with zero attached hydrogens (tertiary/aromatic N) is 3. The third-order valence-corrected chi connectivity index (χ3v) is 11.7. The SMILES string of the molecule is CCCCC[C@@H]1OC(=O)[C@H](C(C)C)NC(=O)[C@H](C)N(C)C(=O)[C@@H]2CCCN2C(=O)[C@H](Cc2ccccc2)OC(=O)[C@H](C(C)C)N(C)C(=O)[C@H](C(C)C)NC(=O)C1(C)C. The fourth-order valence-electron chi connectivity index (χ4n) is 7.64. The van der Waals surface area contributed by atoms with Gasteiger partial charge in [-0.1, -0.05) is 91.6 Å².